The summed E-state index contributed by atoms with van der Waals surface area (Å²) in [4.78, 5) is 22.8. The molecular weight excluding hydrogens is 306 g/mol. The molecule has 0 aromatic carbocycles. The maximum absolute atomic E-state index is 10.6. The number of aromatic nitrogens is 3. The van der Waals surface area contributed by atoms with Gasteiger partial charge in [-0.25, -0.2) is 19.7 Å². The molecule has 0 amide bonds. The molecule has 0 fully saturated rings. The van der Waals surface area contributed by atoms with Crippen LogP contribution in [0.4, 0.5) is 0 Å². The van der Waals surface area contributed by atoms with Crippen LogP contribution in [-0.4, -0.2) is 26.0 Å². The smallest absolute Gasteiger partial charge is 0.337 e. The molecule has 2 rings (SSSR count). The second kappa shape index (κ2) is 5.24. The Morgan fingerprint density at radius 3 is 2.41 bits per heavy atom. The number of hydrogen-bond donors (Lipinski definition) is 1. The Morgan fingerprint density at radius 1 is 1.18 bits per heavy atom. The number of halogens is 1. The van der Waals surface area contributed by atoms with E-state index in [9.17, 15) is 4.79 Å². The highest BCUT2D eigenvalue weighted by molar-refractivity contribution is 9.10. The summed E-state index contributed by atoms with van der Waals surface area (Å²) in [5.41, 5.74) is 0.158. The van der Waals surface area contributed by atoms with Gasteiger partial charge in [-0.05, 0) is 39.8 Å². The minimum atomic E-state index is -0.992. The molecule has 2 heterocycles. The highest BCUT2D eigenvalue weighted by Crippen LogP contribution is 2.22. The standard InChI is InChI=1S/C10H6BrN3O2S/c11-7-4-13-10(14-5-7)17-8-2-1-6(3-12-8)9(15)16/h1-5H,(H,15,16). The number of pyridine rings is 1. The Kier molecular flexibility index (Phi) is 3.70. The SMILES string of the molecule is O=C(O)c1ccc(Sc2ncc(Br)cn2)nc1. The molecule has 2 aromatic heterocycles. The fourth-order valence-corrected chi connectivity index (χ4v) is 1.86. The summed E-state index contributed by atoms with van der Waals surface area (Å²) in [5, 5.41) is 9.93. The fourth-order valence-electron chi connectivity index (χ4n) is 1.01. The van der Waals surface area contributed by atoms with Gasteiger partial charge in [0.25, 0.3) is 0 Å². The lowest BCUT2D eigenvalue weighted by atomic mass is 10.3. The van der Waals surface area contributed by atoms with Gasteiger partial charge in [-0.1, -0.05) is 0 Å². The van der Waals surface area contributed by atoms with E-state index in [4.69, 9.17) is 5.11 Å². The zero-order chi connectivity index (χ0) is 12.3. The predicted octanol–water partition coefficient (Wildman–Crippen LogP) is 2.48. The lowest BCUT2D eigenvalue weighted by Gasteiger charge is -1.99. The Labute approximate surface area is 109 Å². The van der Waals surface area contributed by atoms with E-state index >= 15 is 0 Å². The summed E-state index contributed by atoms with van der Waals surface area (Å²) in [6.45, 7) is 0. The molecule has 0 unspecified atom stereocenters. The first-order valence-electron chi connectivity index (χ1n) is 4.50. The van der Waals surface area contributed by atoms with Crippen LogP contribution in [0.5, 0.6) is 0 Å². The molecule has 0 bridgehead atoms. The van der Waals surface area contributed by atoms with Crippen LogP contribution in [0.15, 0.2) is 45.4 Å². The number of carboxylic acid groups (broad SMARTS) is 1. The molecule has 5 nitrogen and oxygen atoms in total. The summed E-state index contributed by atoms with van der Waals surface area (Å²) < 4.78 is 0.802. The lowest BCUT2D eigenvalue weighted by Crippen LogP contribution is -1.96. The van der Waals surface area contributed by atoms with Crippen molar-refractivity contribution in [1.29, 1.82) is 0 Å². The molecule has 86 valence electrons. The van der Waals surface area contributed by atoms with Gasteiger partial charge in [0.15, 0.2) is 5.16 Å². The van der Waals surface area contributed by atoms with Crippen molar-refractivity contribution in [2.75, 3.05) is 0 Å². The van der Waals surface area contributed by atoms with E-state index in [1.165, 1.54) is 24.0 Å². The van der Waals surface area contributed by atoms with Gasteiger partial charge in [0.1, 0.15) is 5.03 Å². The molecule has 7 heteroatoms. The number of nitrogens with zero attached hydrogens (tertiary/aromatic N) is 3. The minimum absolute atomic E-state index is 0.158. The van der Waals surface area contributed by atoms with Gasteiger partial charge < -0.3 is 5.11 Å². The average molecular weight is 312 g/mol. The molecule has 0 aliphatic rings. The summed E-state index contributed by atoms with van der Waals surface area (Å²) >= 11 is 4.51. The Balaban J connectivity index is 2.13. The first kappa shape index (κ1) is 12.0. The highest BCUT2D eigenvalue weighted by Gasteiger charge is 2.05. The van der Waals surface area contributed by atoms with Gasteiger partial charge in [-0.3, -0.25) is 0 Å². The van der Waals surface area contributed by atoms with E-state index in [0.29, 0.717) is 10.2 Å². The van der Waals surface area contributed by atoms with Gasteiger partial charge in [0.05, 0.1) is 10.0 Å². The topological polar surface area (TPSA) is 76.0 Å². The van der Waals surface area contributed by atoms with Gasteiger partial charge in [0.2, 0.25) is 0 Å². The zero-order valence-electron chi connectivity index (χ0n) is 8.37. The van der Waals surface area contributed by atoms with E-state index in [1.54, 1.807) is 18.5 Å². The van der Waals surface area contributed by atoms with Crippen molar-refractivity contribution < 1.29 is 9.90 Å². The van der Waals surface area contributed by atoms with Crippen LogP contribution in [0.1, 0.15) is 10.4 Å². The number of aromatic carboxylic acids is 1. The lowest BCUT2D eigenvalue weighted by molar-refractivity contribution is 0.0696. The molecule has 0 spiro atoms. The summed E-state index contributed by atoms with van der Waals surface area (Å²) in [5.74, 6) is -0.992. The third-order valence-electron chi connectivity index (χ3n) is 1.78. The second-order valence-corrected chi connectivity index (χ2v) is 4.88. The number of carboxylic acids is 1. The average Bonchev–Trinajstić information content (AvgIpc) is 2.33. The van der Waals surface area contributed by atoms with Crippen molar-refractivity contribution in [3.8, 4) is 0 Å². The van der Waals surface area contributed by atoms with Crippen LogP contribution >= 0.6 is 27.7 Å². The number of rotatable bonds is 3. The van der Waals surface area contributed by atoms with Crippen LogP contribution in [0.25, 0.3) is 0 Å². The van der Waals surface area contributed by atoms with Crippen LogP contribution in [0.2, 0.25) is 0 Å². The quantitative estimate of drug-likeness (QED) is 0.878. The van der Waals surface area contributed by atoms with Crippen molar-refractivity contribution in [3.05, 3.63) is 40.8 Å². The van der Waals surface area contributed by atoms with E-state index < -0.39 is 5.97 Å². The monoisotopic (exact) mass is 311 g/mol. The van der Waals surface area contributed by atoms with Gasteiger partial charge >= 0.3 is 5.97 Å². The molecule has 0 saturated carbocycles. The Hall–Kier alpha value is -1.47. The highest BCUT2D eigenvalue weighted by atomic mass is 79.9. The van der Waals surface area contributed by atoms with E-state index in [0.717, 1.165) is 4.47 Å². The van der Waals surface area contributed by atoms with Crippen LogP contribution in [-0.2, 0) is 0 Å². The molecule has 0 radical (unpaired) electrons. The molecule has 17 heavy (non-hydrogen) atoms. The van der Waals surface area contributed by atoms with Gasteiger partial charge in [-0.2, -0.15) is 0 Å². The first-order chi connectivity index (χ1) is 8.15. The van der Waals surface area contributed by atoms with Crippen LogP contribution in [0.3, 0.4) is 0 Å². The maximum atomic E-state index is 10.6. The van der Waals surface area contributed by atoms with Crippen molar-refractivity contribution >= 4 is 33.7 Å². The largest absolute Gasteiger partial charge is 0.478 e. The zero-order valence-corrected chi connectivity index (χ0v) is 10.8. The van der Waals surface area contributed by atoms with Gasteiger partial charge in [-0.15, -0.1) is 0 Å². The molecule has 0 aliphatic carbocycles. The molecule has 0 atom stereocenters. The van der Waals surface area contributed by atoms with Gasteiger partial charge in [0, 0.05) is 18.6 Å². The summed E-state index contributed by atoms with van der Waals surface area (Å²) in [6, 6.07) is 3.12. The van der Waals surface area contributed by atoms with E-state index in [2.05, 4.69) is 30.9 Å². The number of carbonyl (C=O) groups is 1. The fraction of sp³-hybridized carbons (Fsp3) is 0. The van der Waals surface area contributed by atoms with E-state index in [1.807, 2.05) is 0 Å². The predicted molar refractivity (Wildman–Crippen MR) is 65.1 cm³/mol. The Bertz CT molecular complexity index is 530. The maximum Gasteiger partial charge on any atom is 0.337 e. The molecule has 0 saturated heterocycles. The van der Waals surface area contributed by atoms with E-state index in [-0.39, 0.29) is 5.56 Å². The normalized spacial score (nSPS) is 10.2. The molecular formula is C10H6BrN3O2S. The first-order valence-corrected chi connectivity index (χ1v) is 6.11. The summed E-state index contributed by atoms with van der Waals surface area (Å²) in [7, 11) is 0. The molecule has 0 aliphatic heterocycles. The van der Waals surface area contributed by atoms with Crippen molar-refractivity contribution in [2.24, 2.45) is 0 Å². The molecule has 2 aromatic rings. The van der Waals surface area contributed by atoms with Crippen molar-refractivity contribution in [1.82, 2.24) is 15.0 Å². The molecule has 1 N–H and O–H groups in total. The third kappa shape index (κ3) is 3.24. The summed E-state index contributed by atoms with van der Waals surface area (Å²) in [6.07, 6.45) is 4.59. The third-order valence-corrected chi connectivity index (χ3v) is 3.03. The minimum Gasteiger partial charge on any atom is -0.478 e. The Morgan fingerprint density at radius 2 is 1.88 bits per heavy atom. The number of hydrogen-bond acceptors (Lipinski definition) is 5. The second-order valence-electron chi connectivity index (χ2n) is 2.98. The van der Waals surface area contributed by atoms with Crippen molar-refractivity contribution in [2.45, 2.75) is 10.2 Å². The van der Waals surface area contributed by atoms with Crippen LogP contribution in [0, 0.1) is 0 Å². The van der Waals surface area contributed by atoms with Crippen LogP contribution < -0.4 is 0 Å². The van der Waals surface area contributed by atoms with Crippen molar-refractivity contribution in [3.63, 3.8) is 0 Å².